The van der Waals surface area contributed by atoms with Gasteiger partial charge in [-0.2, -0.15) is 0 Å². The largest absolute Gasteiger partial charge is 0.312 e. The first kappa shape index (κ1) is 18.4. The molecule has 0 bridgehead atoms. The van der Waals surface area contributed by atoms with Gasteiger partial charge in [-0.15, -0.1) is 0 Å². The van der Waals surface area contributed by atoms with Crippen molar-refractivity contribution < 1.29 is 22.8 Å². The Hall–Kier alpha value is -2.42. The number of hydrogen-bond acceptors (Lipinski definition) is 5. The van der Waals surface area contributed by atoms with Gasteiger partial charge in [-0.3, -0.25) is 25.2 Å². The fourth-order valence-corrected chi connectivity index (χ4v) is 4.92. The van der Waals surface area contributed by atoms with Gasteiger partial charge in [0.1, 0.15) is 0 Å². The predicted molar refractivity (Wildman–Crippen MR) is 94.8 cm³/mol. The molecule has 26 heavy (non-hydrogen) atoms. The normalized spacial score (nSPS) is 21.6. The molecule has 0 unspecified atom stereocenters. The number of carbonyl (C=O) groups excluding carboxylic acids is 3. The molecule has 2 N–H and O–H groups in total. The standard InChI is InChI=1S/C17H21N3O5S/c21-15(18-19-17(23)13-7-9-26(24,25)11-13)10-12-3-5-14(6-4-12)20-8-1-2-16(20)22/h3-6,13H,1-2,7-11H2,(H,18,21)(H,19,23)/t13-/m0/s1. The number of amides is 3. The van der Waals surface area contributed by atoms with E-state index in [0.717, 1.165) is 17.7 Å². The summed E-state index contributed by atoms with van der Waals surface area (Å²) >= 11 is 0. The summed E-state index contributed by atoms with van der Waals surface area (Å²) in [6.45, 7) is 0.710. The van der Waals surface area contributed by atoms with Crippen LogP contribution in [-0.4, -0.2) is 44.2 Å². The topological polar surface area (TPSA) is 113 Å². The van der Waals surface area contributed by atoms with E-state index >= 15 is 0 Å². The van der Waals surface area contributed by atoms with Crippen LogP contribution >= 0.6 is 0 Å². The van der Waals surface area contributed by atoms with Crippen LogP contribution < -0.4 is 15.8 Å². The molecule has 3 amide bonds. The Balaban J connectivity index is 1.47. The van der Waals surface area contributed by atoms with Crippen molar-refractivity contribution >= 4 is 33.2 Å². The summed E-state index contributed by atoms with van der Waals surface area (Å²) in [5, 5.41) is 0. The SMILES string of the molecule is O=C(Cc1ccc(N2CCCC2=O)cc1)NNC(=O)[C@H]1CCS(=O)(=O)C1. The summed E-state index contributed by atoms with van der Waals surface area (Å²) in [4.78, 5) is 37.3. The summed E-state index contributed by atoms with van der Waals surface area (Å²) in [5.74, 6) is -1.56. The number of nitrogens with one attached hydrogen (secondary N) is 2. The van der Waals surface area contributed by atoms with Crippen LogP contribution in [0.1, 0.15) is 24.8 Å². The average Bonchev–Trinajstić information content (AvgIpc) is 3.18. The van der Waals surface area contributed by atoms with Gasteiger partial charge in [-0.1, -0.05) is 12.1 Å². The third kappa shape index (κ3) is 4.40. The minimum atomic E-state index is -3.14. The highest BCUT2D eigenvalue weighted by atomic mass is 32.2. The third-order valence-corrected chi connectivity index (χ3v) is 6.38. The Labute approximate surface area is 151 Å². The van der Waals surface area contributed by atoms with E-state index in [1.807, 2.05) is 0 Å². The molecule has 2 aliphatic rings. The first-order valence-electron chi connectivity index (χ1n) is 8.52. The Morgan fingerprint density at radius 1 is 1.15 bits per heavy atom. The highest BCUT2D eigenvalue weighted by Gasteiger charge is 2.33. The van der Waals surface area contributed by atoms with Crippen LogP contribution in [0.4, 0.5) is 5.69 Å². The lowest BCUT2D eigenvalue weighted by molar-refractivity contribution is -0.130. The molecule has 2 aliphatic heterocycles. The van der Waals surface area contributed by atoms with Crippen molar-refractivity contribution in [2.75, 3.05) is 23.0 Å². The minimum absolute atomic E-state index is 0.00486. The van der Waals surface area contributed by atoms with Gasteiger partial charge in [0.05, 0.1) is 23.8 Å². The fraction of sp³-hybridized carbons (Fsp3) is 0.471. The zero-order chi connectivity index (χ0) is 18.7. The maximum absolute atomic E-state index is 11.9. The van der Waals surface area contributed by atoms with Crippen LogP contribution in [-0.2, 0) is 30.6 Å². The molecule has 2 heterocycles. The number of carbonyl (C=O) groups is 3. The lowest BCUT2D eigenvalue weighted by Crippen LogP contribution is -2.45. The second kappa shape index (κ2) is 7.45. The highest BCUT2D eigenvalue weighted by molar-refractivity contribution is 7.91. The van der Waals surface area contributed by atoms with Gasteiger partial charge in [0.25, 0.3) is 0 Å². The molecule has 1 aromatic carbocycles. The molecule has 0 aromatic heterocycles. The van der Waals surface area contributed by atoms with Gasteiger partial charge in [0, 0.05) is 18.7 Å². The summed E-state index contributed by atoms with van der Waals surface area (Å²) < 4.78 is 22.8. The number of benzene rings is 1. The van der Waals surface area contributed by atoms with E-state index in [1.165, 1.54) is 0 Å². The van der Waals surface area contributed by atoms with E-state index in [4.69, 9.17) is 0 Å². The summed E-state index contributed by atoms with van der Waals surface area (Å²) in [5.41, 5.74) is 6.16. The first-order chi connectivity index (χ1) is 12.3. The van der Waals surface area contributed by atoms with Crippen molar-refractivity contribution in [2.24, 2.45) is 5.92 Å². The molecule has 0 aliphatic carbocycles. The molecule has 0 radical (unpaired) electrons. The number of anilines is 1. The van der Waals surface area contributed by atoms with Gasteiger partial charge in [0.15, 0.2) is 9.84 Å². The van der Waals surface area contributed by atoms with Crippen molar-refractivity contribution in [1.82, 2.24) is 10.9 Å². The maximum Gasteiger partial charge on any atom is 0.242 e. The molecule has 2 fully saturated rings. The van der Waals surface area contributed by atoms with Gasteiger partial charge in [0.2, 0.25) is 17.7 Å². The smallest absolute Gasteiger partial charge is 0.242 e. The maximum atomic E-state index is 11.9. The molecule has 1 atom stereocenters. The summed E-state index contributed by atoms with van der Waals surface area (Å²) in [6.07, 6.45) is 1.76. The number of hydrazine groups is 1. The molecule has 9 heteroatoms. The van der Waals surface area contributed by atoms with E-state index in [0.29, 0.717) is 13.0 Å². The van der Waals surface area contributed by atoms with Crippen molar-refractivity contribution in [3.63, 3.8) is 0 Å². The number of hydrogen-bond donors (Lipinski definition) is 2. The molecule has 140 valence electrons. The van der Waals surface area contributed by atoms with Gasteiger partial charge in [-0.25, -0.2) is 8.42 Å². The Bertz CT molecular complexity index is 819. The predicted octanol–water partition coefficient (Wildman–Crippen LogP) is -0.0620. The van der Waals surface area contributed by atoms with Gasteiger partial charge < -0.3 is 4.90 Å². The quantitative estimate of drug-likeness (QED) is 0.712. The molecular formula is C17H21N3O5S. The first-order valence-corrected chi connectivity index (χ1v) is 10.3. The van der Waals surface area contributed by atoms with Crippen LogP contribution in [0.15, 0.2) is 24.3 Å². The Kier molecular flexibility index (Phi) is 5.26. The van der Waals surface area contributed by atoms with Crippen molar-refractivity contribution in [2.45, 2.75) is 25.7 Å². The highest BCUT2D eigenvalue weighted by Crippen LogP contribution is 2.21. The van der Waals surface area contributed by atoms with Crippen molar-refractivity contribution in [3.8, 4) is 0 Å². The lowest BCUT2D eigenvalue weighted by atomic mass is 10.1. The van der Waals surface area contributed by atoms with Crippen LogP contribution in [0, 0.1) is 5.92 Å². The fourth-order valence-electron chi connectivity index (χ4n) is 3.18. The molecule has 0 spiro atoms. The second-order valence-electron chi connectivity index (χ2n) is 6.63. The molecule has 2 saturated heterocycles. The van der Waals surface area contributed by atoms with Crippen LogP contribution in [0.2, 0.25) is 0 Å². The Morgan fingerprint density at radius 3 is 2.46 bits per heavy atom. The van der Waals surface area contributed by atoms with E-state index in [9.17, 15) is 22.8 Å². The summed E-state index contributed by atoms with van der Waals surface area (Å²) in [7, 11) is -3.14. The zero-order valence-corrected chi connectivity index (χ0v) is 15.0. The van der Waals surface area contributed by atoms with Crippen LogP contribution in [0.3, 0.4) is 0 Å². The van der Waals surface area contributed by atoms with E-state index in [2.05, 4.69) is 10.9 Å². The van der Waals surface area contributed by atoms with Gasteiger partial charge in [-0.05, 0) is 30.5 Å². The van der Waals surface area contributed by atoms with E-state index in [1.54, 1.807) is 29.2 Å². The second-order valence-corrected chi connectivity index (χ2v) is 8.86. The van der Waals surface area contributed by atoms with Crippen LogP contribution in [0.25, 0.3) is 0 Å². The van der Waals surface area contributed by atoms with Crippen molar-refractivity contribution in [3.05, 3.63) is 29.8 Å². The van der Waals surface area contributed by atoms with E-state index < -0.39 is 27.6 Å². The average molecular weight is 379 g/mol. The molecular weight excluding hydrogens is 358 g/mol. The number of nitrogens with zero attached hydrogens (tertiary/aromatic N) is 1. The van der Waals surface area contributed by atoms with Gasteiger partial charge >= 0.3 is 0 Å². The van der Waals surface area contributed by atoms with Crippen molar-refractivity contribution in [1.29, 1.82) is 0 Å². The third-order valence-electron chi connectivity index (χ3n) is 4.61. The molecule has 1 aromatic rings. The molecule has 8 nitrogen and oxygen atoms in total. The minimum Gasteiger partial charge on any atom is -0.312 e. The lowest BCUT2D eigenvalue weighted by Gasteiger charge is -2.16. The van der Waals surface area contributed by atoms with Crippen LogP contribution in [0.5, 0.6) is 0 Å². The zero-order valence-electron chi connectivity index (χ0n) is 14.2. The van der Waals surface area contributed by atoms with E-state index in [-0.39, 0.29) is 30.3 Å². The summed E-state index contributed by atoms with van der Waals surface area (Å²) in [6, 6.07) is 7.14. The molecule has 0 saturated carbocycles. The number of sulfone groups is 1. The Morgan fingerprint density at radius 2 is 1.88 bits per heavy atom. The molecule has 3 rings (SSSR count). The number of rotatable bonds is 4. The monoisotopic (exact) mass is 379 g/mol.